The molecule has 1 aromatic heterocycles. The Morgan fingerprint density at radius 3 is 2.69 bits per heavy atom. The van der Waals surface area contributed by atoms with Crippen molar-refractivity contribution in [3.8, 4) is 0 Å². The minimum absolute atomic E-state index is 0.336. The number of nitrogens with zero attached hydrogens (tertiary/aromatic N) is 1. The SMILES string of the molecule is CCC(C)CN(C)C(CN)c1sccc1Br. The maximum atomic E-state index is 5.90. The lowest BCUT2D eigenvalue weighted by Gasteiger charge is -2.28. The topological polar surface area (TPSA) is 29.3 Å². The lowest BCUT2D eigenvalue weighted by molar-refractivity contribution is 0.217. The van der Waals surface area contributed by atoms with Crippen LogP contribution in [-0.2, 0) is 0 Å². The molecule has 1 aromatic rings. The molecule has 1 heterocycles. The van der Waals surface area contributed by atoms with Crippen LogP contribution < -0.4 is 5.73 Å². The number of thiophene rings is 1. The van der Waals surface area contributed by atoms with Crippen molar-refractivity contribution in [2.75, 3.05) is 20.1 Å². The zero-order chi connectivity index (χ0) is 12.1. The van der Waals surface area contributed by atoms with Crippen LogP contribution in [-0.4, -0.2) is 25.0 Å². The molecular weight excluding hydrogens is 284 g/mol. The molecule has 0 aliphatic heterocycles. The van der Waals surface area contributed by atoms with E-state index in [-0.39, 0.29) is 0 Å². The lowest BCUT2D eigenvalue weighted by Crippen LogP contribution is -2.33. The molecule has 0 bridgehead atoms. The summed E-state index contributed by atoms with van der Waals surface area (Å²) in [5, 5.41) is 2.11. The number of rotatable bonds is 6. The highest BCUT2D eigenvalue weighted by Gasteiger charge is 2.20. The Kier molecular flexibility index (Phi) is 5.97. The molecule has 2 nitrogen and oxygen atoms in total. The molecule has 0 amide bonds. The predicted molar refractivity (Wildman–Crippen MR) is 75.9 cm³/mol. The van der Waals surface area contributed by atoms with E-state index in [0.717, 1.165) is 12.5 Å². The summed E-state index contributed by atoms with van der Waals surface area (Å²) >= 11 is 5.36. The van der Waals surface area contributed by atoms with Gasteiger partial charge in [0.2, 0.25) is 0 Å². The van der Waals surface area contributed by atoms with E-state index < -0.39 is 0 Å². The molecule has 0 aromatic carbocycles. The summed E-state index contributed by atoms with van der Waals surface area (Å²) in [6.45, 7) is 6.29. The van der Waals surface area contributed by atoms with Gasteiger partial charge in [-0.05, 0) is 40.3 Å². The fourth-order valence-corrected chi connectivity index (χ4v) is 3.59. The van der Waals surface area contributed by atoms with Crippen molar-refractivity contribution in [2.45, 2.75) is 26.3 Å². The average molecular weight is 305 g/mol. The number of nitrogens with two attached hydrogens (primary N) is 1. The van der Waals surface area contributed by atoms with E-state index in [1.54, 1.807) is 11.3 Å². The van der Waals surface area contributed by atoms with Crippen LogP contribution in [0.4, 0.5) is 0 Å². The lowest BCUT2D eigenvalue weighted by atomic mass is 10.1. The summed E-state index contributed by atoms with van der Waals surface area (Å²) in [6.07, 6.45) is 1.22. The molecule has 0 aliphatic carbocycles. The molecule has 0 radical (unpaired) electrons. The van der Waals surface area contributed by atoms with Gasteiger partial charge in [0.15, 0.2) is 0 Å². The first-order valence-corrected chi connectivity index (χ1v) is 7.40. The highest BCUT2D eigenvalue weighted by molar-refractivity contribution is 9.10. The van der Waals surface area contributed by atoms with Crippen molar-refractivity contribution in [1.82, 2.24) is 4.90 Å². The third-order valence-electron chi connectivity index (χ3n) is 3.00. The van der Waals surface area contributed by atoms with Crippen molar-refractivity contribution in [3.63, 3.8) is 0 Å². The summed E-state index contributed by atoms with van der Waals surface area (Å²) in [5.41, 5.74) is 5.90. The summed E-state index contributed by atoms with van der Waals surface area (Å²) < 4.78 is 1.18. The molecule has 0 aliphatic rings. The summed E-state index contributed by atoms with van der Waals surface area (Å²) in [4.78, 5) is 3.71. The molecule has 16 heavy (non-hydrogen) atoms. The first kappa shape index (κ1) is 14.2. The number of hydrogen-bond acceptors (Lipinski definition) is 3. The highest BCUT2D eigenvalue weighted by Crippen LogP contribution is 2.31. The Balaban J connectivity index is 2.71. The number of halogens is 1. The Labute approximate surface area is 111 Å². The van der Waals surface area contributed by atoms with Gasteiger partial charge in [0.25, 0.3) is 0 Å². The molecule has 0 spiro atoms. The number of likely N-dealkylation sites (N-methyl/N-ethyl adjacent to an activating group) is 1. The van der Waals surface area contributed by atoms with E-state index >= 15 is 0 Å². The van der Waals surface area contributed by atoms with Gasteiger partial charge in [-0.2, -0.15) is 0 Å². The summed E-state index contributed by atoms with van der Waals surface area (Å²) in [6, 6.07) is 2.43. The van der Waals surface area contributed by atoms with Crippen LogP contribution in [0.1, 0.15) is 31.2 Å². The summed E-state index contributed by atoms with van der Waals surface area (Å²) in [5.74, 6) is 0.720. The van der Waals surface area contributed by atoms with Gasteiger partial charge in [0.05, 0.1) is 6.04 Å². The Morgan fingerprint density at radius 1 is 1.56 bits per heavy atom. The van der Waals surface area contributed by atoms with Crippen LogP contribution >= 0.6 is 27.3 Å². The first-order chi connectivity index (χ1) is 7.60. The van der Waals surface area contributed by atoms with Gasteiger partial charge in [-0.15, -0.1) is 11.3 Å². The van der Waals surface area contributed by atoms with Crippen LogP contribution in [0.25, 0.3) is 0 Å². The highest BCUT2D eigenvalue weighted by atomic mass is 79.9. The smallest absolute Gasteiger partial charge is 0.0573 e. The van der Waals surface area contributed by atoms with Gasteiger partial charge in [-0.25, -0.2) is 0 Å². The van der Waals surface area contributed by atoms with Gasteiger partial charge in [-0.1, -0.05) is 20.3 Å². The van der Waals surface area contributed by atoms with Crippen molar-refractivity contribution in [2.24, 2.45) is 11.7 Å². The fourth-order valence-electron chi connectivity index (χ4n) is 1.78. The summed E-state index contributed by atoms with van der Waals surface area (Å²) in [7, 11) is 2.16. The van der Waals surface area contributed by atoms with Crippen LogP contribution in [0.15, 0.2) is 15.9 Å². The first-order valence-electron chi connectivity index (χ1n) is 5.73. The molecular formula is C12H21BrN2S. The fraction of sp³-hybridized carbons (Fsp3) is 0.667. The van der Waals surface area contributed by atoms with Crippen LogP contribution in [0.3, 0.4) is 0 Å². The zero-order valence-corrected chi connectivity index (χ0v) is 12.6. The van der Waals surface area contributed by atoms with Crippen molar-refractivity contribution < 1.29 is 0 Å². The van der Waals surface area contributed by atoms with Gasteiger partial charge >= 0.3 is 0 Å². The van der Waals surface area contributed by atoms with Crippen molar-refractivity contribution in [3.05, 3.63) is 20.8 Å². The van der Waals surface area contributed by atoms with Gasteiger partial charge < -0.3 is 5.73 Å². The minimum Gasteiger partial charge on any atom is -0.329 e. The third kappa shape index (κ3) is 3.55. The van der Waals surface area contributed by atoms with E-state index in [4.69, 9.17) is 5.73 Å². The second kappa shape index (κ2) is 6.74. The van der Waals surface area contributed by atoms with Gasteiger partial charge in [0, 0.05) is 22.4 Å². The molecule has 2 atom stereocenters. The van der Waals surface area contributed by atoms with E-state index in [0.29, 0.717) is 12.6 Å². The molecule has 2 N–H and O–H groups in total. The Morgan fingerprint density at radius 2 is 2.25 bits per heavy atom. The van der Waals surface area contributed by atoms with E-state index in [1.807, 2.05) is 0 Å². The Hall–Kier alpha value is 0.100. The quantitative estimate of drug-likeness (QED) is 0.872. The molecule has 92 valence electrons. The van der Waals surface area contributed by atoms with Crippen LogP contribution in [0.2, 0.25) is 0 Å². The normalized spacial score (nSPS) is 15.4. The predicted octanol–water partition coefficient (Wildman–Crippen LogP) is 3.49. The van der Waals surface area contributed by atoms with Crippen LogP contribution in [0, 0.1) is 5.92 Å². The molecule has 1 rings (SSSR count). The third-order valence-corrected chi connectivity index (χ3v) is 4.97. The monoisotopic (exact) mass is 304 g/mol. The maximum Gasteiger partial charge on any atom is 0.0573 e. The average Bonchev–Trinajstić information content (AvgIpc) is 2.66. The van der Waals surface area contributed by atoms with E-state index in [9.17, 15) is 0 Å². The standard InChI is InChI=1S/C12H21BrN2S/c1-4-9(2)8-15(3)11(7-14)12-10(13)5-6-16-12/h5-6,9,11H,4,7-8,14H2,1-3H3. The molecule has 2 unspecified atom stereocenters. The maximum absolute atomic E-state index is 5.90. The molecule has 4 heteroatoms. The molecule has 0 fully saturated rings. The van der Waals surface area contributed by atoms with Crippen molar-refractivity contribution in [1.29, 1.82) is 0 Å². The molecule has 0 saturated carbocycles. The van der Waals surface area contributed by atoms with Gasteiger partial charge in [-0.3, -0.25) is 4.90 Å². The van der Waals surface area contributed by atoms with E-state index in [1.165, 1.54) is 15.8 Å². The van der Waals surface area contributed by atoms with Crippen molar-refractivity contribution >= 4 is 27.3 Å². The largest absolute Gasteiger partial charge is 0.329 e. The number of hydrogen-bond donors (Lipinski definition) is 1. The second-order valence-corrected chi connectivity index (χ2v) is 6.14. The Bertz CT molecular complexity index is 314. The zero-order valence-electron chi connectivity index (χ0n) is 10.2. The second-order valence-electron chi connectivity index (χ2n) is 4.34. The minimum atomic E-state index is 0.336. The van der Waals surface area contributed by atoms with E-state index in [2.05, 4.69) is 53.2 Å². The molecule has 0 saturated heterocycles. The van der Waals surface area contributed by atoms with Crippen LogP contribution in [0.5, 0.6) is 0 Å². The van der Waals surface area contributed by atoms with Gasteiger partial charge in [0.1, 0.15) is 0 Å².